The fraction of sp³-hybridized carbons (Fsp3) is 0.455. The number of hydrogen-bond acceptors (Lipinski definition) is 3. The highest BCUT2D eigenvalue weighted by Gasteiger charge is 1.99. The lowest BCUT2D eigenvalue weighted by Crippen LogP contribution is -2.18. The number of imidazole rings is 1. The van der Waals surface area contributed by atoms with Crippen molar-refractivity contribution in [2.45, 2.75) is 13.0 Å². The van der Waals surface area contributed by atoms with Crippen molar-refractivity contribution < 1.29 is 0 Å². The number of nitrogens with one attached hydrogen (secondary N) is 1. The molecule has 5 nitrogen and oxygen atoms in total. The van der Waals surface area contributed by atoms with Crippen LogP contribution in [-0.2, 0) is 27.1 Å². The fourth-order valence-corrected chi connectivity index (χ4v) is 1.60. The van der Waals surface area contributed by atoms with E-state index in [1.54, 1.807) is 0 Å². The molecule has 0 amide bonds. The van der Waals surface area contributed by atoms with E-state index in [0.29, 0.717) is 0 Å². The zero-order chi connectivity index (χ0) is 11.4. The Labute approximate surface area is 95.1 Å². The van der Waals surface area contributed by atoms with Crippen molar-refractivity contribution in [3.63, 3.8) is 0 Å². The van der Waals surface area contributed by atoms with Crippen LogP contribution in [0.15, 0.2) is 24.8 Å². The Hall–Kier alpha value is -1.62. The number of nitrogens with zero attached hydrogens (tertiary/aromatic N) is 4. The Bertz CT molecular complexity index is 443. The fourth-order valence-electron chi connectivity index (χ4n) is 1.60. The predicted octanol–water partition coefficient (Wildman–Crippen LogP) is 0.486. The lowest BCUT2D eigenvalue weighted by atomic mass is 10.2. The van der Waals surface area contributed by atoms with Gasteiger partial charge in [0.1, 0.15) is 5.82 Å². The van der Waals surface area contributed by atoms with Gasteiger partial charge in [0.15, 0.2) is 0 Å². The van der Waals surface area contributed by atoms with Crippen LogP contribution in [-0.4, -0.2) is 25.9 Å². The third kappa shape index (κ3) is 2.70. The van der Waals surface area contributed by atoms with E-state index in [2.05, 4.69) is 15.4 Å². The predicted molar refractivity (Wildman–Crippen MR) is 61.8 cm³/mol. The van der Waals surface area contributed by atoms with Crippen molar-refractivity contribution in [3.05, 3.63) is 36.2 Å². The van der Waals surface area contributed by atoms with E-state index < -0.39 is 0 Å². The lowest BCUT2D eigenvalue weighted by molar-refractivity contribution is 0.637. The van der Waals surface area contributed by atoms with Crippen LogP contribution in [0.2, 0.25) is 0 Å². The third-order valence-electron chi connectivity index (χ3n) is 2.55. The van der Waals surface area contributed by atoms with Gasteiger partial charge in [-0.3, -0.25) is 4.68 Å². The summed E-state index contributed by atoms with van der Waals surface area (Å²) in [5, 5.41) is 7.50. The Kier molecular flexibility index (Phi) is 3.36. The van der Waals surface area contributed by atoms with E-state index in [0.717, 1.165) is 25.3 Å². The van der Waals surface area contributed by atoms with Crippen LogP contribution in [0, 0.1) is 0 Å². The van der Waals surface area contributed by atoms with Gasteiger partial charge < -0.3 is 9.88 Å². The second-order valence-corrected chi connectivity index (χ2v) is 3.90. The molecule has 2 aromatic rings. The standard InChI is InChI=1S/C11H17N5/c1-15-6-5-13-11(15)8-12-4-3-10-7-14-16(2)9-10/h5-7,9,12H,3-4,8H2,1-2H3. The molecule has 0 atom stereocenters. The highest BCUT2D eigenvalue weighted by molar-refractivity contribution is 5.03. The second kappa shape index (κ2) is 4.94. The van der Waals surface area contributed by atoms with Crippen LogP contribution < -0.4 is 5.32 Å². The van der Waals surface area contributed by atoms with Crippen molar-refractivity contribution in [2.24, 2.45) is 14.1 Å². The highest BCUT2D eigenvalue weighted by atomic mass is 15.2. The maximum Gasteiger partial charge on any atom is 0.122 e. The second-order valence-electron chi connectivity index (χ2n) is 3.90. The van der Waals surface area contributed by atoms with Crippen LogP contribution in [0.25, 0.3) is 0 Å². The van der Waals surface area contributed by atoms with E-state index in [1.807, 2.05) is 48.1 Å². The summed E-state index contributed by atoms with van der Waals surface area (Å²) in [5.74, 6) is 1.06. The monoisotopic (exact) mass is 219 g/mol. The summed E-state index contributed by atoms with van der Waals surface area (Å²) in [7, 11) is 3.94. The molecule has 1 N–H and O–H groups in total. The van der Waals surface area contributed by atoms with E-state index >= 15 is 0 Å². The first kappa shape index (κ1) is 10.9. The van der Waals surface area contributed by atoms with Crippen molar-refractivity contribution >= 4 is 0 Å². The molecule has 0 saturated heterocycles. The Morgan fingerprint density at radius 1 is 1.38 bits per heavy atom. The first-order valence-electron chi connectivity index (χ1n) is 5.40. The molecular weight excluding hydrogens is 202 g/mol. The topological polar surface area (TPSA) is 47.7 Å². The maximum atomic E-state index is 4.25. The molecule has 16 heavy (non-hydrogen) atoms. The molecule has 0 unspecified atom stereocenters. The van der Waals surface area contributed by atoms with Gasteiger partial charge in [0, 0.05) is 32.7 Å². The molecule has 0 spiro atoms. The number of aryl methyl sites for hydroxylation is 2. The zero-order valence-corrected chi connectivity index (χ0v) is 9.72. The maximum absolute atomic E-state index is 4.25. The average molecular weight is 219 g/mol. The summed E-state index contributed by atoms with van der Waals surface area (Å²) < 4.78 is 3.85. The van der Waals surface area contributed by atoms with Crippen LogP contribution in [0.3, 0.4) is 0 Å². The summed E-state index contributed by atoms with van der Waals surface area (Å²) in [5.41, 5.74) is 1.26. The molecule has 5 heteroatoms. The van der Waals surface area contributed by atoms with Crippen LogP contribution >= 0.6 is 0 Å². The molecule has 0 fully saturated rings. The van der Waals surface area contributed by atoms with Gasteiger partial charge in [-0.25, -0.2) is 4.98 Å². The molecule has 2 aromatic heterocycles. The Balaban J connectivity index is 1.71. The Morgan fingerprint density at radius 2 is 2.25 bits per heavy atom. The summed E-state index contributed by atoms with van der Waals surface area (Å²) in [6.45, 7) is 1.75. The molecule has 0 aliphatic carbocycles. The molecule has 0 aromatic carbocycles. The minimum atomic E-state index is 0.809. The molecular formula is C11H17N5. The van der Waals surface area contributed by atoms with Gasteiger partial charge in [-0.2, -0.15) is 5.10 Å². The van der Waals surface area contributed by atoms with Crippen molar-refractivity contribution in [2.75, 3.05) is 6.54 Å². The van der Waals surface area contributed by atoms with Gasteiger partial charge >= 0.3 is 0 Å². The van der Waals surface area contributed by atoms with Crippen LogP contribution in [0.5, 0.6) is 0 Å². The molecule has 0 aliphatic rings. The minimum Gasteiger partial charge on any atom is -0.337 e. The third-order valence-corrected chi connectivity index (χ3v) is 2.55. The molecule has 0 saturated carbocycles. The molecule has 2 heterocycles. The van der Waals surface area contributed by atoms with Crippen molar-refractivity contribution in [3.8, 4) is 0 Å². The molecule has 0 bridgehead atoms. The van der Waals surface area contributed by atoms with Crippen LogP contribution in [0.1, 0.15) is 11.4 Å². The largest absolute Gasteiger partial charge is 0.337 e. The first-order chi connectivity index (χ1) is 7.75. The van der Waals surface area contributed by atoms with Gasteiger partial charge in [-0.1, -0.05) is 0 Å². The van der Waals surface area contributed by atoms with Crippen molar-refractivity contribution in [1.82, 2.24) is 24.6 Å². The zero-order valence-electron chi connectivity index (χ0n) is 9.72. The number of aromatic nitrogens is 4. The van der Waals surface area contributed by atoms with Gasteiger partial charge in [0.05, 0.1) is 12.7 Å². The van der Waals surface area contributed by atoms with E-state index in [1.165, 1.54) is 5.56 Å². The smallest absolute Gasteiger partial charge is 0.122 e. The Morgan fingerprint density at radius 3 is 2.88 bits per heavy atom. The van der Waals surface area contributed by atoms with Gasteiger partial charge in [0.2, 0.25) is 0 Å². The summed E-state index contributed by atoms with van der Waals surface area (Å²) >= 11 is 0. The van der Waals surface area contributed by atoms with Gasteiger partial charge in [-0.15, -0.1) is 0 Å². The van der Waals surface area contributed by atoms with Gasteiger partial charge in [-0.05, 0) is 18.5 Å². The van der Waals surface area contributed by atoms with Crippen LogP contribution in [0.4, 0.5) is 0 Å². The number of rotatable bonds is 5. The minimum absolute atomic E-state index is 0.809. The molecule has 0 radical (unpaired) electrons. The SMILES string of the molecule is Cn1cc(CCNCc2nccn2C)cn1. The summed E-state index contributed by atoms with van der Waals surface area (Å²) in [6, 6.07) is 0. The first-order valence-corrected chi connectivity index (χ1v) is 5.40. The summed E-state index contributed by atoms with van der Waals surface area (Å²) in [6.07, 6.45) is 8.72. The normalized spacial score (nSPS) is 10.9. The molecule has 0 aliphatic heterocycles. The van der Waals surface area contributed by atoms with Gasteiger partial charge in [0.25, 0.3) is 0 Å². The van der Waals surface area contributed by atoms with Crippen molar-refractivity contribution in [1.29, 1.82) is 0 Å². The van der Waals surface area contributed by atoms with E-state index in [-0.39, 0.29) is 0 Å². The molecule has 86 valence electrons. The molecule has 2 rings (SSSR count). The van der Waals surface area contributed by atoms with E-state index in [9.17, 15) is 0 Å². The highest BCUT2D eigenvalue weighted by Crippen LogP contribution is 1.97. The summed E-state index contributed by atoms with van der Waals surface area (Å²) in [4.78, 5) is 4.25. The number of hydrogen-bond donors (Lipinski definition) is 1. The van der Waals surface area contributed by atoms with E-state index in [4.69, 9.17) is 0 Å². The average Bonchev–Trinajstić information content (AvgIpc) is 2.83. The quantitative estimate of drug-likeness (QED) is 0.744. The lowest BCUT2D eigenvalue weighted by Gasteiger charge is -2.03.